The van der Waals surface area contributed by atoms with Crippen LogP contribution in [0.25, 0.3) is 110 Å². The molecule has 2 nitrogen and oxygen atoms in total. The molecule has 2 aromatic heterocycles. The van der Waals surface area contributed by atoms with Crippen LogP contribution in [0.15, 0.2) is 218 Å². The monoisotopic (exact) mass is 736 g/mol. The van der Waals surface area contributed by atoms with Gasteiger partial charge < -0.3 is 9.13 Å². The molecule has 2 heterocycles. The van der Waals surface area contributed by atoms with Crippen molar-refractivity contribution in [1.82, 2.24) is 9.13 Å². The van der Waals surface area contributed by atoms with Gasteiger partial charge in [0.2, 0.25) is 0 Å². The molecule has 0 saturated heterocycles. The van der Waals surface area contributed by atoms with E-state index in [0.29, 0.717) is 0 Å². The highest BCUT2D eigenvalue weighted by Crippen LogP contribution is 2.41. The van der Waals surface area contributed by atoms with Crippen molar-refractivity contribution in [2.24, 2.45) is 0 Å². The molecule has 0 atom stereocenters. The van der Waals surface area contributed by atoms with Gasteiger partial charge >= 0.3 is 0 Å². The molecular weight excluding hydrogens is 701 g/mol. The minimum Gasteiger partial charge on any atom is -0.309 e. The number of hydrogen-bond acceptors (Lipinski definition) is 0. The molecule has 0 radical (unpaired) electrons. The molecule has 0 bridgehead atoms. The largest absolute Gasteiger partial charge is 0.309 e. The second-order valence-electron chi connectivity index (χ2n) is 15.4. The van der Waals surface area contributed by atoms with Crippen molar-refractivity contribution < 1.29 is 0 Å². The van der Waals surface area contributed by atoms with Crippen molar-refractivity contribution in [3.63, 3.8) is 0 Å². The zero-order valence-corrected chi connectivity index (χ0v) is 31.7. The van der Waals surface area contributed by atoms with E-state index in [0.717, 1.165) is 5.69 Å². The van der Waals surface area contributed by atoms with Gasteiger partial charge in [-0.1, -0.05) is 158 Å². The first kappa shape index (κ1) is 32.6. The Morgan fingerprint density at radius 2 is 0.759 bits per heavy atom. The zero-order chi connectivity index (χ0) is 38.2. The highest BCUT2D eigenvalue weighted by Gasteiger charge is 2.18. The minimum atomic E-state index is 1.16. The Morgan fingerprint density at radius 3 is 1.53 bits per heavy atom. The molecule has 0 saturated carbocycles. The minimum absolute atomic E-state index is 1.16. The van der Waals surface area contributed by atoms with Crippen LogP contribution >= 0.6 is 0 Å². The first-order chi connectivity index (χ1) is 28.7. The molecule has 0 aliphatic heterocycles. The lowest BCUT2D eigenvalue weighted by Crippen LogP contribution is -1.97. The summed E-state index contributed by atoms with van der Waals surface area (Å²) in [4.78, 5) is 0. The fourth-order valence-electron chi connectivity index (χ4n) is 9.29. The molecule has 0 spiro atoms. The Labute approximate surface area is 336 Å². The van der Waals surface area contributed by atoms with E-state index in [1.165, 1.54) is 104 Å². The summed E-state index contributed by atoms with van der Waals surface area (Å²) >= 11 is 0. The van der Waals surface area contributed by atoms with E-state index in [1.807, 2.05) is 0 Å². The van der Waals surface area contributed by atoms with Crippen LogP contribution in [0.3, 0.4) is 0 Å². The summed E-state index contributed by atoms with van der Waals surface area (Å²) in [5.41, 5.74) is 14.4. The molecule has 0 N–H and O–H groups in total. The predicted molar refractivity (Wildman–Crippen MR) is 246 cm³/mol. The second-order valence-corrected chi connectivity index (χ2v) is 15.4. The topological polar surface area (TPSA) is 9.86 Å². The summed E-state index contributed by atoms with van der Waals surface area (Å²) in [6.45, 7) is 0. The number of rotatable bonds is 5. The van der Waals surface area contributed by atoms with Crippen LogP contribution in [0.1, 0.15) is 0 Å². The van der Waals surface area contributed by atoms with Crippen molar-refractivity contribution in [3.05, 3.63) is 218 Å². The van der Waals surface area contributed by atoms with E-state index in [4.69, 9.17) is 0 Å². The van der Waals surface area contributed by atoms with E-state index >= 15 is 0 Å². The normalized spacial score (nSPS) is 11.8. The Hall–Kier alpha value is -7.68. The lowest BCUT2D eigenvalue weighted by Gasteiger charge is -2.14. The van der Waals surface area contributed by atoms with Crippen LogP contribution in [-0.2, 0) is 0 Å². The summed E-state index contributed by atoms with van der Waals surface area (Å²) in [6.07, 6.45) is 0. The molecule has 0 fully saturated rings. The number of para-hydroxylation sites is 2. The average Bonchev–Trinajstić information content (AvgIpc) is 3.80. The molecule has 0 unspecified atom stereocenters. The van der Waals surface area contributed by atoms with Gasteiger partial charge in [0.25, 0.3) is 0 Å². The van der Waals surface area contributed by atoms with Crippen molar-refractivity contribution >= 4 is 65.2 Å². The van der Waals surface area contributed by atoms with Crippen molar-refractivity contribution in [2.75, 3.05) is 0 Å². The van der Waals surface area contributed by atoms with E-state index in [9.17, 15) is 0 Å². The van der Waals surface area contributed by atoms with Crippen LogP contribution in [0.2, 0.25) is 0 Å². The quantitative estimate of drug-likeness (QED) is 0.167. The standard InChI is InChI=1S/C56H36N2/c1-2-14-39(15-3-1)47-18-8-10-20-52(47)58-53-21-11-9-19-48(53)50-34-44(27-31-55(50)58)43-26-30-54-51(35-43)49-29-25-45(42-23-22-37-12-4-6-16-40(37)32-42)36-56(49)57(54)46-28-24-38-13-5-7-17-41(38)33-46/h1-36H. The molecule has 270 valence electrons. The highest BCUT2D eigenvalue weighted by atomic mass is 15.0. The van der Waals surface area contributed by atoms with Gasteiger partial charge in [-0.05, 0) is 110 Å². The molecule has 2 heteroatoms. The first-order valence-corrected chi connectivity index (χ1v) is 20.0. The van der Waals surface area contributed by atoms with Crippen molar-refractivity contribution in [2.45, 2.75) is 0 Å². The van der Waals surface area contributed by atoms with Gasteiger partial charge in [-0.3, -0.25) is 0 Å². The van der Waals surface area contributed by atoms with Crippen LogP contribution in [0, 0.1) is 0 Å². The van der Waals surface area contributed by atoms with Crippen molar-refractivity contribution in [3.8, 4) is 44.8 Å². The zero-order valence-electron chi connectivity index (χ0n) is 31.7. The summed E-state index contributed by atoms with van der Waals surface area (Å²) in [7, 11) is 0. The molecular formula is C56H36N2. The van der Waals surface area contributed by atoms with E-state index in [2.05, 4.69) is 228 Å². The third-order valence-corrected chi connectivity index (χ3v) is 12.1. The van der Waals surface area contributed by atoms with Gasteiger partial charge in [-0.25, -0.2) is 0 Å². The lowest BCUT2D eigenvalue weighted by molar-refractivity contribution is 1.18. The Balaban J connectivity index is 1.05. The maximum atomic E-state index is 2.45. The van der Waals surface area contributed by atoms with E-state index < -0.39 is 0 Å². The third-order valence-electron chi connectivity index (χ3n) is 12.1. The smallest absolute Gasteiger partial charge is 0.0547 e. The van der Waals surface area contributed by atoms with Crippen LogP contribution in [0.4, 0.5) is 0 Å². The van der Waals surface area contributed by atoms with Gasteiger partial charge in [-0.2, -0.15) is 0 Å². The van der Waals surface area contributed by atoms with Crippen LogP contribution in [-0.4, -0.2) is 9.13 Å². The average molecular weight is 737 g/mol. The number of fused-ring (bicyclic) bond motifs is 8. The van der Waals surface area contributed by atoms with Crippen molar-refractivity contribution in [1.29, 1.82) is 0 Å². The fourth-order valence-corrected chi connectivity index (χ4v) is 9.29. The van der Waals surface area contributed by atoms with Gasteiger partial charge in [0, 0.05) is 32.8 Å². The first-order valence-electron chi connectivity index (χ1n) is 20.0. The predicted octanol–water partition coefficient (Wildman–Crippen LogP) is 15.2. The molecule has 0 aliphatic rings. The molecule has 58 heavy (non-hydrogen) atoms. The highest BCUT2D eigenvalue weighted by molar-refractivity contribution is 6.13. The SMILES string of the molecule is c1ccc(-c2ccccc2-n2c3ccccc3c3cc(-c4ccc5c(c4)c4ccc(-c6ccc7ccccc7c6)cc4n5-c4ccc5ccccc5c4)ccc32)cc1. The van der Waals surface area contributed by atoms with E-state index in [-0.39, 0.29) is 0 Å². The summed E-state index contributed by atoms with van der Waals surface area (Å²) in [5.74, 6) is 0. The van der Waals surface area contributed by atoms with Gasteiger partial charge in [0.05, 0.1) is 27.8 Å². The number of aromatic nitrogens is 2. The Kier molecular flexibility index (Phi) is 7.26. The Morgan fingerprint density at radius 1 is 0.241 bits per heavy atom. The fraction of sp³-hybridized carbons (Fsp3) is 0. The molecule has 10 aromatic carbocycles. The molecule has 0 amide bonds. The summed E-state index contributed by atoms with van der Waals surface area (Å²) in [5, 5.41) is 9.95. The summed E-state index contributed by atoms with van der Waals surface area (Å²) in [6, 6.07) is 80.1. The molecule has 12 aromatic rings. The third kappa shape index (κ3) is 5.12. The maximum Gasteiger partial charge on any atom is 0.0547 e. The van der Waals surface area contributed by atoms with Crippen LogP contribution in [0.5, 0.6) is 0 Å². The maximum absolute atomic E-state index is 2.45. The summed E-state index contributed by atoms with van der Waals surface area (Å²) < 4.78 is 4.89. The number of nitrogens with zero attached hydrogens (tertiary/aromatic N) is 2. The van der Waals surface area contributed by atoms with Gasteiger partial charge in [0.1, 0.15) is 0 Å². The van der Waals surface area contributed by atoms with Gasteiger partial charge in [-0.15, -0.1) is 0 Å². The molecule has 0 aliphatic carbocycles. The van der Waals surface area contributed by atoms with Crippen LogP contribution < -0.4 is 0 Å². The second kappa shape index (κ2) is 12.9. The number of hydrogen-bond donors (Lipinski definition) is 0. The Bertz CT molecular complexity index is 3570. The van der Waals surface area contributed by atoms with E-state index in [1.54, 1.807) is 0 Å². The molecule has 12 rings (SSSR count). The van der Waals surface area contributed by atoms with Gasteiger partial charge in [0.15, 0.2) is 0 Å². The lowest BCUT2D eigenvalue weighted by atomic mass is 9.98. The number of benzene rings is 10.